The molecule has 0 radical (unpaired) electrons. The standard InChI is InChI=1S/C17H19N3O6S2/c1-12-2-3-13(10-15(12)20(22)23)17(21)18-11-14-4-5-16(27-14)28(24,25)19-6-8-26-9-7-19/h2-5,10H,6-9,11H2,1H3,(H,18,21). The van der Waals surface area contributed by atoms with E-state index in [0.29, 0.717) is 36.7 Å². The molecule has 1 aromatic carbocycles. The summed E-state index contributed by atoms with van der Waals surface area (Å²) in [6.07, 6.45) is 0. The molecule has 1 saturated heterocycles. The van der Waals surface area contributed by atoms with Gasteiger partial charge in [-0.05, 0) is 25.1 Å². The Hall–Kier alpha value is -2.34. The number of carbonyl (C=O) groups is 1. The van der Waals surface area contributed by atoms with Crippen LogP contribution in [0.25, 0.3) is 0 Å². The van der Waals surface area contributed by atoms with Crippen molar-refractivity contribution in [3.63, 3.8) is 0 Å². The molecule has 1 aliphatic rings. The van der Waals surface area contributed by atoms with Crippen LogP contribution in [0.3, 0.4) is 0 Å². The van der Waals surface area contributed by atoms with E-state index in [4.69, 9.17) is 4.74 Å². The zero-order chi connectivity index (χ0) is 20.3. The molecule has 1 aromatic heterocycles. The van der Waals surface area contributed by atoms with Crippen molar-refractivity contribution in [1.82, 2.24) is 9.62 Å². The first-order valence-corrected chi connectivity index (χ1v) is 10.7. The second-order valence-electron chi connectivity index (χ2n) is 6.18. The van der Waals surface area contributed by atoms with E-state index in [1.54, 1.807) is 13.0 Å². The van der Waals surface area contributed by atoms with Gasteiger partial charge in [-0.2, -0.15) is 4.31 Å². The molecule has 1 amide bonds. The smallest absolute Gasteiger partial charge is 0.273 e. The number of carbonyl (C=O) groups excluding carboxylic acids is 1. The molecule has 1 fully saturated rings. The summed E-state index contributed by atoms with van der Waals surface area (Å²) in [6.45, 7) is 3.11. The van der Waals surface area contributed by atoms with Gasteiger partial charge in [0.25, 0.3) is 21.6 Å². The lowest BCUT2D eigenvalue weighted by atomic mass is 10.1. The van der Waals surface area contributed by atoms with Crippen LogP contribution in [0.2, 0.25) is 0 Å². The quantitative estimate of drug-likeness (QED) is 0.558. The minimum Gasteiger partial charge on any atom is -0.379 e. The average molecular weight is 425 g/mol. The summed E-state index contributed by atoms with van der Waals surface area (Å²) >= 11 is 1.09. The van der Waals surface area contributed by atoms with E-state index < -0.39 is 20.9 Å². The van der Waals surface area contributed by atoms with Crippen molar-refractivity contribution in [2.24, 2.45) is 0 Å². The van der Waals surface area contributed by atoms with Crippen LogP contribution in [0, 0.1) is 17.0 Å². The van der Waals surface area contributed by atoms with E-state index in [-0.39, 0.29) is 22.0 Å². The highest BCUT2D eigenvalue weighted by molar-refractivity contribution is 7.91. The predicted molar refractivity (Wildman–Crippen MR) is 103 cm³/mol. The molecule has 11 heteroatoms. The van der Waals surface area contributed by atoms with E-state index in [1.807, 2.05) is 0 Å². The minimum atomic E-state index is -3.57. The second-order valence-corrected chi connectivity index (χ2v) is 9.51. The largest absolute Gasteiger partial charge is 0.379 e. The van der Waals surface area contributed by atoms with Gasteiger partial charge in [-0.25, -0.2) is 8.42 Å². The number of rotatable bonds is 6. The SMILES string of the molecule is Cc1ccc(C(=O)NCc2ccc(S(=O)(=O)N3CCOCC3)s2)cc1[N+](=O)[O-]. The van der Waals surface area contributed by atoms with Gasteiger partial charge >= 0.3 is 0 Å². The number of nitro benzene ring substituents is 1. The van der Waals surface area contributed by atoms with E-state index in [9.17, 15) is 23.3 Å². The van der Waals surface area contributed by atoms with Crippen LogP contribution in [0.4, 0.5) is 5.69 Å². The number of hydrogen-bond acceptors (Lipinski definition) is 7. The number of nitrogens with one attached hydrogen (secondary N) is 1. The van der Waals surface area contributed by atoms with Crippen molar-refractivity contribution in [1.29, 1.82) is 0 Å². The van der Waals surface area contributed by atoms with E-state index in [1.165, 1.54) is 28.6 Å². The van der Waals surface area contributed by atoms with E-state index in [0.717, 1.165) is 11.3 Å². The molecular formula is C17H19N3O6S2. The van der Waals surface area contributed by atoms with Gasteiger partial charge in [0.05, 0.1) is 24.7 Å². The zero-order valence-corrected chi connectivity index (χ0v) is 16.7. The van der Waals surface area contributed by atoms with Gasteiger partial charge in [0.2, 0.25) is 0 Å². The molecule has 1 aliphatic heterocycles. The van der Waals surface area contributed by atoms with Crippen molar-refractivity contribution in [3.05, 3.63) is 56.5 Å². The molecule has 0 bridgehead atoms. The first-order chi connectivity index (χ1) is 13.3. The maximum Gasteiger partial charge on any atom is 0.273 e. The van der Waals surface area contributed by atoms with Crippen LogP contribution in [-0.2, 0) is 21.3 Å². The molecule has 0 unspecified atom stereocenters. The number of morpholine rings is 1. The van der Waals surface area contributed by atoms with E-state index in [2.05, 4.69) is 5.32 Å². The Labute approximate surface area is 166 Å². The summed E-state index contributed by atoms with van der Waals surface area (Å²) < 4.78 is 32.0. The second kappa shape index (κ2) is 8.35. The first kappa shape index (κ1) is 20.4. The number of benzene rings is 1. The molecule has 0 spiro atoms. The molecule has 0 aliphatic carbocycles. The Balaban J connectivity index is 1.67. The fourth-order valence-electron chi connectivity index (χ4n) is 2.72. The normalized spacial score (nSPS) is 15.3. The molecule has 1 N–H and O–H groups in total. The maximum absolute atomic E-state index is 12.6. The highest BCUT2D eigenvalue weighted by Crippen LogP contribution is 2.26. The number of nitrogens with zero attached hydrogens (tertiary/aromatic N) is 2. The number of amides is 1. The molecule has 150 valence electrons. The molecule has 9 nitrogen and oxygen atoms in total. The van der Waals surface area contributed by atoms with Crippen LogP contribution in [0.15, 0.2) is 34.5 Å². The van der Waals surface area contributed by atoms with Gasteiger partial charge < -0.3 is 10.1 Å². The van der Waals surface area contributed by atoms with Gasteiger partial charge in [0.15, 0.2) is 0 Å². The predicted octanol–water partition coefficient (Wildman–Crippen LogP) is 1.92. The Morgan fingerprint density at radius 3 is 2.68 bits per heavy atom. The lowest BCUT2D eigenvalue weighted by Gasteiger charge is -2.25. The van der Waals surface area contributed by atoms with Crippen molar-refractivity contribution in [3.8, 4) is 0 Å². The summed E-state index contributed by atoms with van der Waals surface area (Å²) in [4.78, 5) is 23.4. The van der Waals surface area contributed by atoms with Crippen LogP contribution >= 0.6 is 11.3 Å². The van der Waals surface area contributed by atoms with Gasteiger partial charge in [-0.15, -0.1) is 11.3 Å². The summed E-state index contributed by atoms with van der Waals surface area (Å²) in [7, 11) is -3.57. The number of aryl methyl sites for hydroxylation is 1. The summed E-state index contributed by atoms with van der Waals surface area (Å²) in [5.41, 5.74) is 0.524. The maximum atomic E-state index is 12.6. The Morgan fingerprint density at radius 1 is 1.29 bits per heavy atom. The van der Waals surface area contributed by atoms with Crippen LogP contribution in [0.1, 0.15) is 20.8 Å². The fraction of sp³-hybridized carbons (Fsp3) is 0.353. The van der Waals surface area contributed by atoms with Crippen molar-refractivity contribution < 1.29 is 22.9 Å². The van der Waals surface area contributed by atoms with Gasteiger partial charge in [0, 0.05) is 35.2 Å². The Bertz CT molecular complexity index is 996. The third-order valence-corrected chi connectivity index (χ3v) is 7.74. The third-order valence-electron chi connectivity index (χ3n) is 4.29. The summed E-state index contributed by atoms with van der Waals surface area (Å²) in [6, 6.07) is 7.43. The van der Waals surface area contributed by atoms with Crippen LogP contribution < -0.4 is 5.32 Å². The van der Waals surface area contributed by atoms with Crippen molar-refractivity contribution >= 4 is 33.0 Å². The van der Waals surface area contributed by atoms with Gasteiger partial charge in [-0.3, -0.25) is 14.9 Å². The molecule has 2 heterocycles. The van der Waals surface area contributed by atoms with Gasteiger partial charge in [-0.1, -0.05) is 6.07 Å². The third kappa shape index (κ3) is 4.38. The Kier molecular flexibility index (Phi) is 6.08. The fourth-order valence-corrected chi connectivity index (χ4v) is 5.58. The lowest BCUT2D eigenvalue weighted by Crippen LogP contribution is -2.40. The number of ether oxygens (including phenoxy) is 1. The average Bonchev–Trinajstić information content (AvgIpc) is 3.17. The van der Waals surface area contributed by atoms with Gasteiger partial charge in [0.1, 0.15) is 4.21 Å². The van der Waals surface area contributed by atoms with Crippen LogP contribution in [-0.4, -0.2) is 49.9 Å². The summed E-state index contributed by atoms with van der Waals surface area (Å²) in [5, 5.41) is 13.7. The molecule has 0 saturated carbocycles. The molecule has 3 rings (SSSR count). The number of sulfonamides is 1. The monoisotopic (exact) mass is 425 g/mol. The van der Waals surface area contributed by atoms with Crippen molar-refractivity contribution in [2.45, 2.75) is 17.7 Å². The summed E-state index contributed by atoms with van der Waals surface area (Å²) in [5.74, 6) is -0.464. The number of thiophene rings is 1. The van der Waals surface area contributed by atoms with E-state index >= 15 is 0 Å². The highest BCUT2D eigenvalue weighted by atomic mass is 32.2. The molecule has 0 atom stereocenters. The zero-order valence-electron chi connectivity index (χ0n) is 15.1. The van der Waals surface area contributed by atoms with Crippen LogP contribution in [0.5, 0.6) is 0 Å². The Morgan fingerprint density at radius 2 is 2.00 bits per heavy atom. The lowest BCUT2D eigenvalue weighted by molar-refractivity contribution is -0.385. The number of hydrogen-bond donors (Lipinski definition) is 1. The molecule has 2 aromatic rings. The molecular weight excluding hydrogens is 406 g/mol. The number of nitro groups is 1. The molecule has 28 heavy (non-hydrogen) atoms. The first-order valence-electron chi connectivity index (χ1n) is 8.49. The topological polar surface area (TPSA) is 119 Å². The minimum absolute atomic E-state index is 0.123. The highest BCUT2D eigenvalue weighted by Gasteiger charge is 2.27. The van der Waals surface area contributed by atoms with Crippen molar-refractivity contribution in [2.75, 3.05) is 26.3 Å².